The first-order chi connectivity index (χ1) is 24.5. The van der Waals surface area contributed by atoms with Gasteiger partial charge in [0.05, 0.1) is 82.1 Å². The van der Waals surface area contributed by atoms with Gasteiger partial charge in [-0.25, -0.2) is 0 Å². The van der Waals surface area contributed by atoms with E-state index < -0.39 is 54.0 Å². The molecule has 6 atom stereocenters. The molecule has 0 heterocycles. The van der Waals surface area contributed by atoms with Crippen LogP contribution in [0.5, 0.6) is 0 Å². The van der Waals surface area contributed by atoms with Crippen LogP contribution in [-0.2, 0) is 53.1 Å². The van der Waals surface area contributed by atoms with Crippen molar-refractivity contribution in [3.63, 3.8) is 0 Å². The summed E-state index contributed by atoms with van der Waals surface area (Å²) in [5.74, 6) is -0.854. The standard InChI is InChI=1S/C40H55N3O8/c1-28(2)50-32(45)23-42-35-37(47-25-29-15-9-6-10-16-29)34(41-21-22-44)38(48-26-30-17-11-7-12-18-30)36(43-24-33(46)51-40(3,4)5)39(35)49-27-31-19-13-8-14-20-31/h6-20,28,34-39,41-44H,21-27H2,1-5H3/t34-,35+,36-,37+,38-,39+/m1/s1. The van der Waals surface area contributed by atoms with Gasteiger partial charge in [0.1, 0.15) is 5.60 Å². The lowest BCUT2D eigenvalue weighted by atomic mass is 9.78. The Bertz CT molecular complexity index is 1440. The van der Waals surface area contributed by atoms with Crippen molar-refractivity contribution < 1.29 is 38.4 Å². The predicted octanol–water partition coefficient (Wildman–Crippen LogP) is 3.92. The molecule has 1 fully saturated rings. The minimum Gasteiger partial charge on any atom is -0.462 e. The Kier molecular flexibility index (Phi) is 16.0. The molecule has 11 heteroatoms. The van der Waals surface area contributed by atoms with Gasteiger partial charge < -0.3 is 34.1 Å². The highest BCUT2D eigenvalue weighted by Crippen LogP contribution is 2.31. The fraction of sp³-hybridized carbons (Fsp3) is 0.500. The van der Waals surface area contributed by atoms with Crippen molar-refractivity contribution in [1.29, 1.82) is 0 Å². The van der Waals surface area contributed by atoms with Crippen LogP contribution in [0.4, 0.5) is 0 Å². The van der Waals surface area contributed by atoms with Crippen LogP contribution in [0, 0.1) is 0 Å². The monoisotopic (exact) mass is 705 g/mol. The SMILES string of the molecule is CC(C)OC(=O)CN[C@H]1[C@@H](OCc2ccccc2)[C@@H](NCCO)[C@@H](OCc2ccccc2)[C@@H](NCC(=O)OC(C)(C)C)[C@H]1OCc1ccccc1. The molecular formula is C40H55N3O8. The first-order valence-electron chi connectivity index (χ1n) is 17.7. The maximum Gasteiger partial charge on any atom is 0.320 e. The number of esters is 2. The van der Waals surface area contributed by atoms with Crippen molar-refractivity contribution in [3.8, 4) is 0 Å². The number of ether oxygens (including phenoxy) is 5. The molecule has 4 rings (SSSR count). The highest BCUT2D eigenvalue weighted by molar-refractivity contribution is 5.72. The second kappa shape index (κ2) is 20.4. The maximum atomic E-state index is 13.1. The zero-order valence-corrected chi connectivity index (χ0v) is 30.5. The molecule has 0 aliphatic heterocycles. The topological polar surface area (TPSA) is 137 Å². The van der Waals surface area contributed by atoms with Gasteiger partial charge in [-0.05, 0) is 51.3 Å². The van der Waals surface area contributed by atoms with Gasteiger partial charge in [0.2, 0.25) is 0 Å². The van der Waals surface area contributed by atoms with Gasteiger partial charge >= 0.3 is 11.9 Å². The molecule has 1 aliphatic carbocycles. The summed E-state index contributed by atoms with van der Waals surface area (Å²) in [4.78, 5) is 26.1. The summed E-state index contributed by atoms with van der Waals surface area (Å²) in [5, 5.41) is 20.3. The molecule has 0 radical (unpaired) electrons. The number of nitrogens with one attached hydrogen (secondary N) is 3. The number of carbonyl (C=O) groups is 2. The lowest BCUT2D eigenvalue weighted by Gasteiger charge is -2.51. The lowest BCUT2D eigenvalue weighted by molar-refractivity contribution is -0.169. The fourth-order valence-corrected chi connectivity index (χ4v) is 6.17. The molecule has 1 saturated carbocycles. The second-order valence-electron chi connectivity index (χ2n) is 13.9. The maximum absolute atomic E-state index is 13.1. The third-order valence-corrected chi connectivity index (χ3v) is 8.22. The Hall–Kier alpha value is -3.68. The quantitative estimate of drug-likeness (QED) is 0.135. The molecule has 11 nitrogen and oxygen atoms in total. The highest BCUT2D eigenvalue weighted by Gasteiger charge is 2.53. The Labute approximate surface area is 302 Å². The molecule has 0 saturated heterocycles. The number of rotatable bonds is 19. The first-order valence-corrected chi connectivity index (χ1v) is 17.7. The van der Waals surface area contributed by atoms with E-state index in [-0.39, 0.29) is 52.2 Å². The molecule has 3 aromatic carbocycles. The molecular weight excluding hydrogens is 650 g/mol. The van der Waals surface area contributed by atoms with Gasteiger partial charge in [0.25, 0.3) is 0 Å². The number of aliphatic hydroxyl groups excluding tert-OH is 1. The Morgan fingerprint density at radius 2 is 1.00 bits per heavy atom. The van der Waals surface area contributed by atoms with Crippen LogP contribution >= 0.6 is 0 Å². The summed E-state index contributed by atoms with van der Waals surface area (Å²) in [7, 11) is 0. The Morgan fingerprint density at radius 1 is 0.627 bits per heavy atom. The van der Waals surface area contributed by atoms with Crippen molar-refractivity contribution in [2.24, 2.45) is 0 Å². The molecule has 3 aromatic rings. The first kappa shape index (κ1) is 40.1. The normalized spacial score (nSPS) is 22.1. The largest absolute Gasteiger partial charge is 0.462 e. The Morgan fingerprint density at radius 3 is 1.35 bits per heavy atom. The van der Waals surface area contributed by atoms with Crippen LogP contribution in [0.15, 0.2) is 91.0 Å². The molecule has 4 N–H and O–H groups in total. The third-order valence-electron chi connectivity index (χ3n) is 8.22. The molecule has 0 aromatic heterocycles. The number of carbonyl (C=O) groups excluding carboxylic acids is 2. The predicted molar refractivity (Wildman–Crippen MR) is 195 cm³/mol. The van der Waals surface area contributed by atoms with Crippen molar-refractivity contribution in [2.75, 3.05) is 26.2 Å². The van der Waals surface area contributed by atoms with Gasteiger partial charge in [-0.2, -0.15) is 0 Å². The van der Waals surface area contributed by atoms with E-state index >= 15 is 0 Å². The Balaban J connectivity index is 1.78. The second-order valence-corrected chi connectivity index (χ2v) is 13.9. The van der Waals surface area contributed by atoms with Crippen LogP contribution in [0.25, 0.3) is 0 Å². The molecule has 0 amide bonds. The van der Waals surface area contributed by atoms with E-state index in [1.54, 1.807) is 13.8 Å². The van der Waals surface area contributed by atoms with E-state index in [0.29, 0.717) is 0 Å². The van der Waals surface area contributed by atoms with E-state index in [1.807, 2.05) is 112 Å². The summed E-state index contributed by atoms with van der Waals surface area (Å²) in [6, 6.07) is 27.7. The molecule has 0 unspecified atom stereocenters. The van der Waals surface area contributed by atoms with Crippen LogP contribution in [0.2, 0.25) is 0 Å². The minimum absolute atomic E-state index is 0.111. The van der Waals surface area contributed by atoms with Crippen molar-refractivity contribution in [1.82, 2.24) is 16.0 Å². The number of benzene rings is 3. The van der Waals surface area contributed by atoms with E-state index in [0.717, 1.165) is 16.7 Å². The van der Waals surface area contributed by atoms with Gasteiger partial charge in [-0.3, -0.25) is 20.2 Å². The fourth-order valence-electron chi connectivity index (χ4n) is 6.17. The third kappa shape index (κ3) is 13.4. The van der Waals surface area contributed by atoms with Crippen LogP contribution < -0.4 is 16.0 Å². The zero-order chi connectivity index (χ0) is 36.6. The van der Waals surface area contributed by atoms with Gasteiger partial charge in [0, 0.05) is 6.54 Å². The average Bonchev–Trinajstić information content (AvgIpc) is 3.10. The summed E-state index contributed by atoms with van der Waals surface area (Å²) in [6.07, 6.45) is -2.25. The summed E-state index contributed by atoms with van der Waals surface area (Å²) in [5.41, 5.74) is 2.19. The summed E-state index contributed by atoms with van der Waals surface area (Å²) < 4.78 is 31.5. The summed E-state index contributed by atoms with van der Waals surface area (Å²) in [6.45, 7) is 9.74. The highest BCUT2D eigenvalue weighted by atomic mass is 16.6. The zero-order valence-electron chi connectivity index (χ0n) is 30.5. The molecule has 0 bridgehead atoms. The van der Waals surface area contributed by atoms with Gasteiger partial charge in [-0.15, -0.1) is 0 Å². The van der Waals surface area contributed by atoms with Gasteiger partial charge in [-0.1, -0.05) is 91.0 Å². The van der Waals surface area contributed by atoms with Crippen molar-refractivity contribution in [2.45, 2.75) is 103 Å². The number of hydrogen-bond acceptors (Lipinski definition) is 11. The van der Waals surface area contributed by atoms with Crippen molar-refractivity contribution in [3.05, 3.63) is 108 Å². The van der Waals surface area contributed by atoms with E-state index in [1.165, 1.54) is 0 Å². The smallest absolute Gasteiger partial charge is 0.320 e. The molecule has 1 aliphatic rings. The van der Waals surface area contributed by atoms with Gasteiger partial charge in [0.15, 0.2) is 0 Å². The average molecular weight is 706 g/mol. The lowest BCUT2D eigenvalue weighted by Crippen LogP contribution is -2.75. The number of hydrogen-bond donors (Lipinski definition) is 4. The van der Waals surface area contributed by atoms with E-state index in [4.69, 9.17) is 23.7 Å². The van der Waals surface area contributed by atoms with Crippen LogP contribution in [-0.4, -0.2) is 91.4 Å². The van der Waals surface area contributed by atoms with Crippen molar-refractivity contribution >= 4 is 11.9 Å². The van der Waals surface area contributed by atoms with Crippen LogP contribution in [0.3, 0.4) is 0 Å². The van der Waals surface area contributed by atoms with E-state index in [2.05, 4.69) is 16.0 Å². The molecule has 51 heavy (non-hydrogen) atoms. The minimum atomic E-state index is -0.687. The van der Waals surface area contributed by atoms with E-state index in [9.17, 15) is 14.7 Å². The summed E-state index contributed by atoms with van der Waals surface area (Å²) >= 11 is 0. The molecule has 0 spiro atoms. The molecule has 278 valence electrons. The number of aliphatic hydroxyl groups is 1. The van der Waals surface area contributed by atoms with Crippen LogP contribution in [0.1, 0.15) is 51.3 Å².